The number of thioether (sulfide) groups is 1. The minimum atomic E-state index is -2.11. The quantitative estimate of drug-likeness (QED) is 0.0555. The summed E-state index contributed by atoms with van der Waals surface area (Å²) in [6.45, 7) is 13.5. The molecule has 0 spiro atoms. The summed E-state index contributed by atoms with van der Waals surface area (Å²) in [4.78, 5) is 30.5. The maximum atomic E-state index is 15.1. The lowest BCUT2D eigenvalue weighted by atomic mass is 9.75. The SMILES string of the molecule is CCCCCCCSCCCCCC/C=C/[C@H](C(=O)N1C(=S)OC(c2ccccc2)(c2ccccc2)C1C(C)C)[C@@](O)(CCC)C(=O)OC(C)(C)C. The van der Waals surface area contributed by atoms with Crippen LogP contribution >= 0.6 is 24.0 Å². The van der Waals surface area contributed by atoms with Crippen molar-refractivity contribution in [2.45, 2.75) is 148 Å². The Hall–Kier alpha value is -2.68. The summed E-state index contributed by atoms with van der Waals surface area (Å²) in [6, 6.07) is 19.1. The first kappa shape index (κ1) is 43.7. The molecule has 6 nitrogen and oxygen atoms in total. The fraction of sp³-hybridized carbons (Fsp3) is 0.614. The molecule has 1 saturated heterocycles. The van der Waals surface area contributed by atoms with Crippen molar-refractivity contribution in [2.24, 2.45) is 11.8 Å². The first-order valence-electron chi connectivity index (χ1n) is 19.7. The van der Waals surface area contributed by atoms with E-state index in [4.69, 9.17) is 21.7 Å². The largest absolute Gasteiger partial charge is 0.458 e. The summed E-state index contributed by atoms with van der Waals surface area (Å²) in [6.07, 6.45) is 16.0. The van der Waals surface area contributed by atoms with Gasteiger partial charge in [0.25, 0.3) is 5.17 Å². The molecule has 3 atom stereocenters. The molecule has 1 aliphatic heterocycles. The molecule has 1 unspecified atom stereocenters. The number of esters is 1. The molecule has 1 aliphatic rings. The number of benzene rings is 2. The summed E-state index contributed by atoms with van der Waals surface area (Å²) in [5.74, 6) is -0.182. The second kappa shape index (κ2) is 21.3. The summed E-state index contributed by atoms with van der Waals surface area (Å²) in [7, 11) is 0. The van der Waals surface area contributed by atoms with E-state index in [1.807, 2.05) is 87.5 Å². The second-order valence-corrected chi connectivity index (χ2v) is 17.1. The number of carbonyl (C=O) groups excluding carboxylic acids is 2. The van der Waals surface area contributed by atoms with E-state index in [2.05, 4.69) is 18.7 Å². The Morgan fingerprint density at radius 1 is 0.885 bits per heavy atom. The van der Waals surface area contributed by atoms with Gasteiger partial charge in [-0.2, -0.15) is 11.8 Å². The van der Waals surface area contributed by atoms with Crippen LogP contribution in [0.2, 0.25) is 0 Å². The van der Waals surface area contributed by atoms with Gasteiger partial charge in [0.05, 0.1) is 12.0 Å². The van der Waals surface area contributed by atoms with Crippen molar-refractivity contribution in [3.8, 4) is 0 Å². The number of amides is 1. The summed E-state index contributed by atoms with van der Waals surface area (Å²) >= 11 is 7.99. The molecule has 1 fully saturated rings. The Labute approximate surface area is 324 Å². The molecule has 0 radical (unpaired) electrons. The minimum Gasteiger partial charge on any atom is -0.458 e. The molecular formula is C44H65NO5S2. The number of unbranched alkanes of at least 4 members (excludes halogenated alkanes) is 8. The van der Waals surface area contributed by atoms with Gasteiger partial charge < -0.3 is 14.6 Å². The molecular weight excluding hydrogens is 687 g/mol. The number of aliphatic hydroxyl groups is 1. The molecule has 1 amide bonds. The van der Waals surface area contributed by atoms with Crippen LogP contribution in [0.25, 0.3) is 0 Å². The molecule has 0 aliphatic carbocycles. The van der Waals surface area contributed by atoms with Gasteiger partial charge in [-0.15, -0.1) is 0 Å². The third-order valence-corrected chi connectivity index (χ3v) is 11.1. The average molecular weight is 752 g/mol. The van der Waals surface area contributed by atoms with E-state index < -0.39 is 40.6 Å². The number of hydrogen-bond acceptors (Lipinski definition) is 7. The van der Waals surface area contributed by atoms with Crippen LogP contribution in [-0.2, 0) is 24.7 Å². The van der Waals surface area contributed by atoms with E-state index in [0.29, 0.717) is 6.42 Å². The molecule has 0 saturated carbocycles. The lowest BCUT2D eigenvalue weighted by Crippen LogP contribution is -2.57. The molecule has 3 rings (SSSR count). The lowest BCUT2D eigenvalue weighted by molar-refractivity contribution is -0.185. The van der Waals surface area contributed by atoms with E-state index in [1.54, 1.807) is 26.8 Å². The highest BCUT2D eigenvalue weighted by molar-refractivity contribution is 7.99. The number of ether oxygens (including phenoxy) is 2. The third kappa shape index (κ3) is 11.7. The van der Waals surface area contributed by atoms with E-state index in [1.165, 1.54) is 54.9 Å². The summed E-state index contributed by atoms with van der Waals surface area (Å²) in [5, 5.41) is 12.4. The summed E-state index contributed by atoms with van der Waals surface area (Å²) < 4.78 is 12.5. The highest BCUT2D eigenvalue weighted by Crippen LogP contribution is 2.48. The van der Waals surface area contributed by atoms with E-state index >= 15 is 4.79 Å². The number of hydrogen-bond donors (Lipinski definition) is 1. The van der Waals surface area contributed by atoms with Gasteiger partial charge in [0, 0.05) is 11.1 Å². The van der Waals surface area contributed by atoms with Crippen molar-refractivity contribution in [3.05, 3.63) is 83.9 Å². The Balaban J connectivity index is 1.89. The molecule has 0 bridgehead atoms. The Morgan fingerprint density at radius 3 is 1.92 bits per heavy atom. The monoisotopic (exact) mass is 751 g/mol. The van der Waals surface area contributed by atoms with Crippen LogP contribution in [-0.4, -0.2) is 55.8 Å². The zero-order chi connectivity index (χ0) is 38.2. The second-order valence-electron chi connectivity index (χ2n) is 15.5. The standard InChI is InChI=1S/C44H65NO5S2/c1-8-10-11-15-24-32-52-33-25-16-13-12-14-23-30-37(43(48,31-9-2)40(47)49-42(5,6)7)39(46)45-38(34(3)4)44(50-41(45)51,35-26-19-17-20-27-35)36-28-21-18-22-29-36/h17-23,26-30,34,37-38,48H,8-16,24-25,31-33H2,1-7H3/b30-23+/t37-,38?,43+/m1/s1. The van der Waals surface area contributed by atoms with Gasteiger partial charge in [-0.3, -0.25) is 9.69 Å². The Bertz CT molecular complexity index is 1370. The van der Waals surface area contributed by atoms with Crippen LogP contribution < -0.4 is 0 Å². The van der Waals surface area contributed by atoms with Crippen LogP contribution in [0, 0.1) is 11.8 Å². The zero-order valence-electron chi connectivity index (χ0n) is 32.9. The van der Waals surface area contributed by atoms with Gasteiger partial charge in [0.15, 0.2) is 11.2 Å². The van der Waals surface area contributed by atoms with Gasteiger partial charge in [-0.25, -0.2) is 4.79 Å². The zero-order valence-corrected chi connectivity index (χ0v) is 34.5. The molecule has 2 aromatic rings. The van der Waals surface area contributed by atoms with Crippen molar-refractivity contribution in [2.75, 3.05) is 11.5 Å². The minimum absolute atomic E-state index is 0.0247. The third-order valence-electron chi connectivity index (χ3n) is 9.71. The van der Waals surface area contributed by atoms with E-state index in [9.17, 15) is 9.90 Å². The highest BCUT2D eigenvalue weighted by atomic mass is 32.2. The van der Waals surface area contributed by atoms with Gasteiger partial charge in [0.1, 0.15) is 5.60 Å². The number of allylic oxidation sites excluding steroid dienone is 1. The predicted octanol–water partition coefficient (Wildman–Crippen LogP) is 10.8. The van der Waals surface area contributed by atoms with Gasteiger partial charge in [-0.1, -0.05) is 145 Å². The smallest absolute Gasteiger partial charge is 0.339 e. The highest BCUT2D eigenvalue weighted by Gasteiger charge is 2.60. The van der Waals surface area contributed by atoms with Crippen LogP contribution in [0.4, 0.5) is 0 Å². The number of rotatable bonds is 22. The maximum Gasteiger partial charge on any atom is 0.339 e. The maximum absolute atomic E-state index is 15.1. The molecule has 288 valence electrons. The topological polar surface area (TPSA) is 76.1 Å². The lowest BCUT2D eigenvalue weighted by Gasteiger charge is -2.40. The number of carbonyl (C=O) groups is 2. The Kier molecular flexibility index (Phi) is 17.9. The van der Waals surface area contributed by atoms with Crippen LogP contribution in [0.3, 0.4) is 0 Å². The number of nitrogens with zero attached hydrogens (tertiary/aromatic N) is 1. The Morgan fingerprint density at radius 2 is 1.42 bits per heavy atom. The van der Waals surface area contributed by atoms with E-state index in [0.717, 1.165) is 36.8 Å². The molecule has 2 aromatic carbocycles. The summed E-state index contributed by atoms with van der Waals surface area (Å²) in [5.41, 5.74) is -2.33. The average Bonchev–Trinajstić information content (AvgIpc) is 3.44. The van der Waals surface area contributed by atoms with Crippen LogP contribution in [0.5, 0.6) is 0 Å². The molecule has 0 aromatic heterocycles. The van der Waals surface area contributed by atoms with Crippen molar-refractivity contribution in [1.82, 2.24) is 4.90 Å². The van der Waals surface area contributed by atoms with Gasteiger partial charge in [0.2, 0.25) is 5.91 Å². The normalized spacial score (nSPS) is 17.7. The van der Waals surface area contributed by atoms with Crippen LogP contribution in [0.1, 0.15) is 137 Å². The molecule has 1 heterocycles. The number of thiocarbonyl (C=S) groups is 1. The van der Waals surface area contributed by atoms with Crippen molar-refractivity contribution in [1.29, 1.82) is 0 Å². The fourth-order valence-corrected chi connectivity index (χ4v) is 8.58. The van der Waals surface area contributed by atoms with Crippen molar-refractivity contribution >= 4 is 41.0 Å². The predicted molar refractivity (Wildman–Crippen MR) is 220 cm³/mol. The van der Waals surface area contributed by atoms with Crippen molar-refractivity contribution < 1.29 is 24.2 Å². The molecule has 52 heavy (non-hydrogen) atoms. The first-order chi connectivity index (χ1) is 24.8. The fourth-order valence-electron chi connectivity index (χ4n) is 7.22. The van der Waals surface area contributed by atoms with Gasteiger partial charge in [-0.05, 0) is 82.5 Å². The van der Waals surface area contributed by atoms with Gasteiger partial charge >= 0.3 is 5.97 Å². The van der Waals surface area contributed by atoms with E-state index in [-0.39, 0.29) is 17.5 Å². The molecule has 8 heteroatoms. The van der Waals surface area contributed by atoms with Crippen LogP contribution in [0.15, 0.2) is 72.8 Å². The first-order valence-corrected chi connectivity index (χ1v) is 21.3. The molecule has 1 N–H and O–H groups in total. The van der Waals surface area contributed by atoms with Crippen molar-refractivity contribution in [3.63, 3.8) is 0 Å².